The first-order valence-corrected chi connectivity index (χ1v) is 8.28. The molecule has 0 amide bonds. The van der Waals surface area contributed by atoms with Gasteiger partial charge in [-0.3, -0.25) is 4.57 Å². The number of hydrogen-bond donors (Lipinski definition) is 0. The van der Waals surface area contributed by atoms with Crippen LogP contribution in [-0.2, 0) is 6.54 Å². The minimum absolute atomic E-state index is 0.0480. The van der Waals surface area contributed by atoms with E-state index >= 15 is 0 Å². The highest BCUT2D eigenvalue weighted by atomic mass is 19.1. The lowest BCUT2D eigenvalue weighted by Gasteiger charge is -2.14. The van der Waals surface area contributed by atoms with E-state index in [1.807, 2.05) is 0 Å². The van der Waals surface area contributed by atoms with Gasteiger partial charge in [0.25, 0.3) is 0 Å². The predicted octanol–water partition coefficient (Wildman–Crippen LogP) is 2.56. The van der Waals surface area contributed by atoms with Gasteiger partial charge in [0.1, 0.15) is 11.6 Å². The molecule has 8 heteroatoms. The molecule has 0 unspecified atom stereocenters. The molecule has 0 aliphatic rings. The van der Waals surface area contributed by atoms with E-state index in [1.54, 1.807) is 37.3 Å². The van der Waals surface area contributed by atoms with Crippen molar-refractivity contribution in [3.05, 3.63) is 64.1 Å². The van der Waals surface area contributed by atoms with Gasteiger partial charge in [-0.1, -0.05) is 18.2 Å². The first kappa shape index (κ1) is 17.0. The molecule has 0 saturated carbocycles. The lowest BCUT2D eigenvalue weighted by atomic mass is 10.1. The number of ether oxygens (including phenoxy) is 2. The summed E-state index contributed by atoms with van der Waals surface area (Å²) in [4.78, 5) is 17.4. The molecule has 7 nitrogen and oxygen atoms in total. The third-order valence-corrected chi connectivity index (χ3v) is 4.45. The standard InChI is InChI=1S/C19H17FN4O3/c1-11-21-18-13-8-16(26-2)17(27-3)9-15(13)23(19(25)24(18)22-11)10-12-6-4-5-7-14(12)20/h4-9H,10H2,1-3H3. The van der Waals surface area contributed by atoms with Gasteiger partial charge in [0.15, 0.2) is 17.1 Å². The summed E-state index contributed by atoms with van der Waals surface area (Å²) >= 11 is 0. The number of aryl methyl sites for hydroxylation is 1. The van der Waals surface area contributed by atoms with Crippen LogP contribution in [0.25, 0.3) is 16.6 Å². The Hall–Kier alpha value is -3.42. The van der Waals surface area contributed by atoms with Crippen LogP contribution >= 0.6 is 0 Å². The average Bonchev–Trinajstić information content (AvgIpc) is 3.07. The van der Waals surface area contributed by atoms with Crippen molar-refractivity contribution in [1.82, 2.24) is 19.2 Å². The molecule has 0 spiro atoms. The zero-order valence-corrected chi connectivity index (χ0v) is 15.1. The van der Waals surface area contributed by atoms with Gasteiger partial charge in [-0.15, -0.1) is 5.10 Å². The number of nitrogens with zero attached hydrogens (tertiary/aromatic N) is 4. The summed E-state index contributed by atoms with van der Waals surface area (Å²) in [5, 5.41) is 4.85. The lowest BCUT2D eigenvalue weighted by molar-refractivity contribution is 0.355. The van der Waals surface area contributed by atoms with E-state index in [-0.39, 0.29) is 12.4 Å². The van der Waals surface area contributed by atoms with E-state index in [0.717, 1.165) is 0 Å². The van der Waals surface area contributed by atoms with Crippen molar-refractivity contribution >= 4 is 16.6 Å². The van der Waals surface area contributed by atoms with Crippen molar-refractivity contribution in [3.63, 3.8) is 0 Å². The average molecular weight is 368 g/mol. The van der Waals surface area contributed by atoms with Crippen LogP contribution in [0, 0.1) is 12.7 Å². The Balaban J connectivity index is 2.10. The summed E-state index contributed by atoms with van der Waals surface area (Å²) in [6.45, 7) is 1.76. The first-order chi connectivity index (χ1) is 13.0. The minimum Gasteiger partial charge on any atom is -0.493 e. The first-order valence-electron chi connectivity index (χ1n) is 8.28. The van der Waals surface area contributed by atoms with Crippen LogP contribution in [0.5, 0.6) is 11.5 Å². The van der Waals surface area contributed by atoms with Gasteiger partial charge in [0.05, 0.1) is 26.3 Å². The second-order valence-electron chi connectivity index (χ2n) is 6.08. The van der Waals surface area contributed by atoms with E-state index in [0.29, 0.717) is 39.4 Å². The molecule has 0 fully saturated rings. The Morgan fingerprint density at radius 3 is 2.52 bits per heavy atom. The van der Waals surface area contributed by atoms with Gasteiger partial charge in [-0.2, -0.15) is 4.52 Å². The summed E-state index contributed by atoms with van der Waals surface area (Å²) in [6, 6.07) is 9.79. The maximum atomic E-state index is 14.2. The van der Waals surface area contributed by atoms with E-state index in [9.17, 15) is 9.18 Å². The predicted molar refractivity (Wildman–Crippen MR) is 98.1 cm³/mol. The van der Waals surface area contributed by atoms with Crippen molar-refractivity contribution < 1.29 is 13.9 Å². The van der Waals surface area contributed by atoms with Gasteiger partial charge >= 0.3 is 5.69 Å². The maximum Gasteiger partial charge on any atom is 0.351 e. The number of rotatable bonds is 4. The van der Waals surface area contributed by atoms with Crippen LogP contribution in [0.3, 0.4) is 0 Å². The molecule has 0 saturated heterocycles. The van der Waals surface area contributed by atoms with Crippen LogP contribution in [-0.4, -0.2) is 33.4 Å². The molecule has 0 radical (unpaired) electrons. The van der Waals surface area contributed by atoms with Crippen molar-refractivity contribution in [2.75, 3.05) is 14.2 Å². The van der Waals surface area contributed by atoms with Crippen LogP contribution < -0.4 is 15.2 Å². The third-order valence-electron chi connectivity index (χ3n) is 4.45. The topological polar surface area (TPSA) is 70.7 Å². The quantitative estimate of drug-likeness (QED) is 0.554. The zero-order chi connectivity index (χ0) is 19.1. The smallest absolute Gasteiger partial charge is 0.351 e. The maximum absolute atomic E-state index is 14.2. The molecule has 0 N–H and O–H groups in total. The van der Waals surface area contributed by atoms with Crippen molar-refractivity contribution in [2.45, 2.75) is 13.5 Å². The molecule has 4 aromatic rings. The summed E-state index contributed by atoms with van der Waals surface area (Å²) in [5.41, 5.74) is 0.958. The van der Waals surface area contributed by atoms with Crippen LogP contribution in [0.1, 0.15) is 11.4 Å². The van der Waals surface area contributed by atoms with Gasteiger partial charge in [0.2, 0.25) is 0 Å². The van der Waals surface area contributed by atoms with Crippen molar-refractivity contribution in [1.29, 1.82) is 0 Å². The summed E-state index contributed by atoms with van der Waals surface area (Å²) < 4.78 is 27.6. The molecule has 27 heavy (non-hydrogen) atoms. The highest BCUT2D eigenvalue weighted by Gasteiger charge is 2.18. The monoisotopic (exact) mass is 368 g/mol. The van der Waals surface area contributed by atoms with Crippen LogP contribution in [0.2, 0.25) is 0 Å². The van der Waals surface area contributed by atoms with E-state index in [4.69, 9.17) is 9.47 Å². The van der Waals surface area contributed by atoms with Crippen molar-refractivity contribution in [3.8, 4) is 11.5 Å². The Bertz CT molecular complexity index is 1230. The molecule has 138 valence electrons. The van der Waals surface area contributed by atoms with Gasteiger partial charge in [0, 0.05) is 17.0 Å². The van der Waals surface area contributed by atoms with Crippen LogP contribution in [0.15, 0.2) is 41.2 Å². The largest absolute Gasteiger partial charge is 0.493 e. The van der Waals surface area contributed by atoms with E-state index in [1.165, 1.54) is 29.4 Å². The molecule has 2 heterocycles. The fourth-order valence-electron chi connectivity index (χ4n) is 3.16. The Kier molecular flexibility index (Phi) is 4.02. The lowest BCUT2D eigenvalue weighted by Crippen LogP contribution is -2.28. The second kappa shape index (κ2) is 6.39. The Labute approximate surface area is 153 Å². The molecule has 0 atom stereocenters. The Morgan fingerprint density at radius 2 is 1.81 bits per heavy atom. The van der Waals surface area contributed by atoms with Gasteiger partial charge in [-0.25, -0.2) is 14.2 Å². The fraction of sp³-hybridized carbons (Fsp3) is 0.211. The highest BCUT2D eigenvalue weighted by molar-refractivity contribution is 5.94. The zero-order valence-electron chi connectivity index (χ0n) is 15.1. The SMILES string of the molecule is COc1cc2c(cc1OC)n(Cc1ccccc1F)c(=O)n1nc(C)nc21. The molecule has 0 aliphatic carbocycles. The van der Waals surface area contributed by atoms with Crippen molar-refractivity contribution in [2.24, 2.45) is 0 Å². The normalized spacial score (nSPS) is 11.3. The molecule has 2 aromatic carbocycles. The molecule has 2 aromatic heterocycles. The number of halogens is 1. The summed E-state index contributed by atoms with van der Waals surface area (Å²) in [6.07, 6.45) is 0. The van der Waals surface area contributed by atoms with E-state index in [2.05, 4.69) is 10.1 Å². The fourth-order valence-corrected chi connectivity index (χ4v) is 3.16. The number of benzene rings is 2. The molecular formula is C19H17FN4O3. The number of methoxy groups -OCH3 is 2. The number of fused-ring (bicyclic) bond motifs is 3. The molecular weight excluding hydrogens is 351 g/mol. The van der Waals surface area contributed by atoms with E-state index < -0.39 is 5.69 Å². The van der Waals surface area contributed by atoms with Crippen LogP contribution in [0.4, 0.5) is 4.39 Å². The Morgan fingerprint density at radius 1 is 1.11 bits per heavy atom. The number of aromatic nitrogens is 4. The summed E-state index contributed by atoms with van der Waals surface area (Å²) in [7, 11) is 3.05. The highest BCUT2D eigenvalue weighted by Crippen LogP contribution is 2.33. The molecule has 4 rings (SSSR count). The minimum atomic E-state index is -0.409. The van der Waals surface area contributed by atoms with Gasteiger partial charge in [-0.05, 0) is 19.1 Å². The third kappa shape index (κ3) is 2.69. The molecule has 0 bridgehead atoms. The summed E-state index contributed by atoms with van der Waals surface area (Å²) in [5.74, 6) is 1.05. The molecule has 0 aliphatic heterocycles. The van der Waals surface area contributed by atoms with Gasteiger partial charge < -0.3 is 9.47 Å². The number of hydrogen-bond acceptors (Lipinski definition) is 5. The second-order valence-corrected chi connectivity index (χ2v) is 6.08.